The van der Waals surface area contributed by atoms with Gasteiger partial charge >= 0.3 is 0 Å². The molecule has 1 aliphatic rings. The first kappa shape index (κ1) is 21.7. The molecule has 162 valence electrons. The Kier molecular flexibility index (Phi) is 7.37. The van der Waals surface area contributed by atoms with Gasteiger partial charge in [-0.2, -0.15) is 0 Å². The number of halogens is 1. The highest BCUT2D eigenvalue weighted by Gasteiger charge is 2.27. The van der Waals surface area contributed by atoms with Gasteiger partial charge in [0.25, 0.3) is 5.91 Å². The first-order valence-corrected chi connectivity index (χ1v) is 10.4. The summed E-state index contributed by atoms with van der Waals surface area (Å²) in [6.07, 6.45) is 3.32. The van der Waals surface area contributed by atoms with Gasteiger partial charge in [0.1, 0.15) is 18.1 Å². The Balaban J connectivity index is 1.55. The molecule has 0 aliphatic carbocycles. The lowest BCUT2D eigenvalue weighted by Gasteiger charge is -2.32. The summed E-state index contributed by atoms with van der Waals surface area (Å²) < 4.78 is 20.4. The Labute approximate surface area is 175 Å². The number of rotatable bonds is 8. The molecule has 0 saturated carbocycles. The van der Waals surface area contributed by atoms with Crippen LogP contribution in [0.5, 0.6) is 5.75 Å². The van der Waals surface area contributed by atoms with Crippen LogP contribution in [0.4, 0.5) is 4.39 Å². The molecule has 1 saturated heterocycles. The summed E-state index contributed by atoms with van der Waals surface area (Å²) in [7, 11) is 0. The van der Waals surface area contributed by atoms with Crippen LogP contribution in [0.25, 0.3) is 0 Å². The van der Waals surface area contributed by atoms with Crippen molar-refractivity contribution < 1.29 is 18.7 Å². The average Bonchev–Trinajstić information content (AvgIpc) is 3.21. The molecule has 0 unspecified atom stereocenters. The van der Waals surface area contributed by atoms with Gasteiger partial charge in [-0.1, -0.05) is 11.3 Å². The number of aromatic nitrogens is 3. The van der Waals surface area contributed by atoms with Crippen molar-refractivity contribution >= 4 is 11.8 Å². The number of carbonyl (C=O) groups excluding carboxylic acids is 2. The minimum Gasteiger partial charge on any atom is -0.493 e. The van der Waals surface area contributed by atoms with E-state index in [-0.39, 0.29) is 35.8 Å². The average molecular weight is 417 g/mol. The van der Waals surface area contributed by atoms with Gasteiger partial charge in [-0.3, -0.25) is 9.59 Å². The van der Waals surface area contributed by atoms with E-state index >= 15 is 0 Å². The topological polar surface area (TPSA) is 80.6 Å². The van der Waals surface area contributed by atoms with Gasteiger partial charge in [-0.15, -0.1) is 5.10 Å². The Morgan fingerprint density at radius 3 is 2.83 bits per heavy atom. The Hall–Kier alpha value is -2.97. The molecule has 0 bridgehead atoms. The van der Waals surface area contributed by atoms with Crippen LogP contribution < -0.4 is 4.74 Å². The number of benzene rings is 1. The molecule has 0 N–H and O–H groups in total. The third kappa shape index (κ3) is 5.55. The zero-order chi connectivity index (χ0) is 21.5. The molecule has 2 amide bonds. The van der Waals surface area contributed by atoms with E-state index in [0.29, 0.717) is 38.5 Å². The fraction of sp³-hybridized carbons (Fsp3) is 0.524. The quantitative estimate of drug-likeness (QED) is 0.658. The van der Waals surface area contributed by atoms with Crippen molar-refractivity contribution in [2.75, 3.05) is 32.8 Å². The summed E-state index contributed by atoms with van der Waals surface area (Å²) >= 11 is 0. The third-order valence-corrected chi connectivity index (χ3v) is 5.26. The highest BCUT2D eigenvalue weighted by atomic mass is 19.1. The van der Waals surface area contributed by atoms with Gasteiger partial charge in [-0.25, -0.2) is 9.07 Å². The van der Waals surface area contributed by atoms with Crippen molar-refractivity contribution in [1.82, 2.24) is 24.8 Å². The molecular weight excluding hydrogens is 389 g/mol. The second-order valence-corrected chi connectivity index (χ2v) is 7.40. The van der Waals surface area contributed by atoms with Crippen LogP contribution in [-0.2, 0) is 11.3 Å². The van der Waals surface area contributed by atoms with Gasteiger partial charge < -0.3 is 14.5 Å². The molecule has 3 rings (SSSR count). The molecule has 0 spiro atoms. The second kappa shape index (κ2) is 10.2. The Bertz CT molecular complexity index is 868. The van der Waals surface area contributed by atoms with Crippen LogP contribution in [0.1, 0.15) is 37.2 Å². The predicted molar refractivity (Wildman–Crippen MR) is 108 cm³/mol. The molecule has 0 radical (unpaired) electrons. The van der Waals surface area contributed by atoms with E-state index in [2.05, 4.69) is 10.3 Å². The molecule has 9 heteroatoms. The Morgan fingerprint density at radius 2 is 2.10 bits per heavy atom. The zero-order valence-electron chi connectivity index (χ0n) is 17.5. The van der Waals surface area contributed by atoms with E-state index in [4.69, 9.17) is 4.74 Å². The molecule has 2 aromatic rings. The lowest BCUT2D eigenvalue weighted by molar-refractivity contribution is -0.131. The van der Waals surface area contributed by atoms with Crippen LogP contribution in [0.2, 0.25) is 0 Å². The molecule has 1 aliphatic heterocycles. The number of hydrogen-bond acceptors (Lipinski definition) is 5. The van der Waals surface area contributed by atoms with Crippen molar-refractivity contribution in [2.24, 2.45) is 5.92 Å². The molecule has 2 heterocycles. The normalized spacial score (nSPS) is 16.4. The zero-order valence-corrected chi connectivity index (χ0v) is 17.5. The number of nitrogens with zero attached hydrogens (tertiary/aromatic N) is 5. The summed E-state index contributed by atoms with van der Waals surface area (Å²) in [5.74, 6) is 0.0449. The Morgan fingerprint density at radius 1 is 1.30 bits per heavy atom. The fourth-order valence-corrected chi connectivity index (χ4v) is 3.61. The largest absolute Gasteiger partial charge is 0.493 e. The first-order chi connectivity index (χ1) is 14.5. The lowest BCUT2D eigenvalue weighted by Crippen LogP contribution is -2.41. The van der Waals surface area contributed by atoms with Crippen LogP contribution in [0, 0.1) is 11.7 Å². The van der Waals surface area contributed by atoms with E-state index in [1.165, 1.54) is 23.0 Å². The van der Waals surface area contributed by atoms with Crippen LogP contribution in [-0.4, -0.2) is 69.4 Å². The molecule has 1 aromatic heterocycles. The van der Waals surface area contributed by atoms with Gasteiger partial charge in [0, 0.05) is 38.2 Å². The number of likely N-dealkylation sites (tertiary alicyclic amines) is 1. The molecule has 8 nitrogen and oxygen atoms in total. The van der Waals surface area contributed by atoms with Crippen molar-refractivity contribution in [3.63, 3.8) is 0 Å². The molecule has 1 atom stereocenters. The molecular formula is C21H28FN5O3. The SMILES string of the molecule is CCN(CC)C(=O)Cn1cc(C(=O)N2CCC[C@H](COc3cccc(F)c3)C2)nn1. The number of piperidine rings is 1. The van der Waals surface area contributed by atoms with Gasteiger partial charge in [-0.05, 0) is 38.8 Å². The fourth-order valence-electron chi connectivity index (χ4n) is 3.61. The van der Waals surface area contributed by atoms with Crippen molar-refractivity contribution in [3.05, 3.63) is 42.0 Å². The van der Waals surface area contributed by atoms with E-state index in [9.17, 15) is 14.0 Å². The van der Waals surface area contributed by atoms with Gasteiger partial charge in [0.2, 0.25) is 5.91 Å². The van der Waals surface area contributed by atoms with Crippen molar-refractivity contribution in [1.29, 1.82) is 0 Å². The summed E-state index contributed by atoms with van der Waals surface area (Å²) in [4.78, 5) is 28.5. The second-order valence-electron chi connectivity index (χ2n) is 7.40. The maximum absolute atomic E-state index is 13.3. The number of amides is 2. The maximum atomic E-state index is 13.3. The standard InChI is InChI=1S/C21H28FN5O3/c1-3-25(4-2)20(28)14-27-13-19(23-24-27)21(29)26-10-6-7-16(12-26)15-30-18-9-5-8-17(22)11-18/h5,8-9,11,13,16H,3-4,6-7,10,12,14-15H2,1-2H3/t16-/m0/s1. The third-order valence-electron chi connectivity index (χ3n) is 5.26. The van der Waals surface area contributed by atoms with Crippen LogP contribution >= 0.6 is 0 Å². The summed E-state index contributed by atoms with van der Waals surface area (Å²) in [6, 6.07) is 6.04. The van der Waals surface area contributed by atoms with Crippen LogP contribution in [0.15, 0.2) is 30.5 Å². The monoisotopic (exact) mass is 417 g/mol. The summed E-state index contributed by atoms with van der Waals surface area (Å²) in [5, 5.41) is 7.90. The van der Waals surface area contributed by atoms with Gasteiger partial charge in [0.05, 0.1) is 12.8 Å². The summed E-state index contributed by atoms with van der Waals surface area (Å²) in [5.41, 5.74) is 0.231. The van der Waals surface area contributed by atoms with E-state index in [1.54, 1.807) is 21.9 Å². The highest BCUT2D eigenvalue weighted by Crippen LogP contribution is 2.20. The number of ether oxygens (including phenoxy) is 1. The first-order valence-electron chi connectivity index (χ1n) is 10.4. The number of carbonyl (C=O) groups is 2. The highest BCUT2D eigenvalue weighted by molar-refractivity contribution is 5.92. The predicted octanol–water partition coefficient (Wildman–Crippen LogP) is 2.22. The lowest BCUT2D eigenvalue weighted by atomic mass is 9.98. The molecule has 30 heavy (non-hydrogen) atoms. The van der Waals surface area contributed by atoms with E-state index in [0.717, 1.165) is 12.8 Å². The van der Waals surface area contributed by atoms with E-state index in [1.807, 2.05) is 13.8 Å². The minimum atomic E-state index is -0.337. The van der Waals surface area contributed by atoms with E-state index < -0.39 is 0 Å². The van der Waals surface area contributed by atoms with Crippen molar-refractivity contribution in [3.8, 4) is 5.75 Å². The minimum absolute atomic E-state index is 0.0589. The van der Waals surface area contributed by atoms with Crippen molar-refractivity contribution in [2.45, 2.75) is 33.2 Å². The smallest absolute Gasteiger partial charge is 0.276 e. The summed E-state index contributed by atoms with van der Waals surface area (Å²) in [6.45, 7) is 6.75. The van der Waals surface area contributed by atoms with Crippen LogP contribution in [0.3, 0.4) is 0 Å². The van der Waals surface area contributed by atoms with Gasteiger partial charge in [0.15, 0.2) is 5.69 Å². The number of hydrogen-bond donors (Lipinski definition) is 0. The maximum Gasteiger partial charge on any atom is 0.276 e. The molecule has 1 fully saturated rings. The molecule has 1 aromatic carbocycles. The number of likely N-dealkylation sites (N-methyl/N-ethyl adjacent to an activating group) is 1.